The lowest BCUT2D eigenvalue weighted by Gasteiger charge is -2.06. The first kappa shape index (κ1) is 14.1. The van der Waals surface area contributed by atoms with Crippen LogP contribution in [0, 0.1) is 0 Å². The van der Waals surface area contributed by atoms with E-state index in [2.05, 4.69) is 9.72 Å². The molecule has 0 fully saturated rings. The maximum atomic E-state index is 11.4. The quantitative estimate of drug-likeness (QED) is 0.605. The number of hydrogen-bond donors (Lipinski definition) is 0. The highest BCUT2D eigenvalue weighted by Gasteiger charge is 2.13. The number of methoxy groups -OCH3 is 1. The van der Waals surface area contributed by atoms with Crippen LogP contribution in [0.4, 0.5) is 0 Å². The first-order valence-corrected chi connectivity index (χ1v) is 6.36. The molecule has 2 aromatic rings. The minimum absolute atomic E-state index is 0.0699. The molecule has 0 atom stereocenters. The third-order valence-electron chi connectivity index (χ3n) is 2.41. The van der Waals surface area contributed by atoms with E-state index in [0.717, 1.165) is 5.56 Å². The van der Waals surface area contributed by atoms with E-state index in [4.69, 9.17) is 34.8 Å². The molecule has 1 aromatic heterocycles. The zero-order chi connectivity index (χ0) is 14.0. The number of hydrogen-bond acceptors (Lipinski definition) is 3. The molecule has 0 aliphatic heterocycles. The van der Waals surface area contributed by atoms with Crippen LogP contribution < -0.4 is 0 Å². The normalized spacial score (nSPS) is 10.3. The van der Waals surface area contributed by atoms with Crippen molar-refractivity contribution in [1.29, 1.82) is 0 Å². The Kier molecular flexibility index (Phi) is 4.30. The van der Waals surface area contributed by atoms with Crippen molar-refractivity contribution in [3.8, 4) is 11.3 Å². The summed E-state index contributed by atoms with van der Waals surface area (Å²) in [4.78, 5) is 15.5. The fourth-order valence-corrected chi connectivity index (χ4v) is 2.32. The molecule has 0 amide bonds. The van der Waals surface area contributed by atoms with Crippen LogP contribution in [0.15, 0.2) is 30.3 Å². The number of halogens is 3. The summed E-state index contributed by atoms with van der Waals surface area (Å²) in [5, 5.41) is 1.07. The summed E-state index contributed by atoms with van der Waals surface area (Å²) in [7, 11) is 1.28. The Morgan fingerprint density at radius 3 is 2.26 bits per heavy atom. The molecule has 0 N–H and O–H groups in total. The Labute approximate surface area is 125 Å². The average molecular weight is 317 g/mol. The Balaban J connectivity index is 2.47. The van der Waals surface area contributed by atoms with Gasteiger partial charge >= 0.3 is 5.97 Å². The van der Waals surface area contributed by atoms with Crippen LogP contribution in [0.1, 0.15) is 10.4 Å². The van der Waals surface area contributed by atoms with Crippen molar-refractivity contribution < 1.29 is 9.53 Å². The molecule has 19 heavy (non-hydrogen) atoms. The molecule has 0 aliphatic rings. The van der Waals surface area contributed by atoms with Gasteiger partial charge < -0.3 is 4.74 Å². The second-order valence-electron chi connectivity index (χ2n) is 3.68. The summed E-state index contributed by atoms with van der Waals surface area (Å²) in [6, 6.07) is 8.25. The molecule has 0 unspecified atom stereocenters. The molecule has 0 bridgehead atoms. The maximum Gasteiger partial charge on any atom is 0.341 e. The van der Waals surface area contributed by atoms with E-state index in [9.17, 15) is 4.79 Å². The fraction of sp³-hybridized carbons (Fsp3) is 0.0769. The summed E-state index contributed by atoms with van der Waals surface area (Å²) in [6.07, 6.45) is 0. The minimum Gasteiger partial charge on any atom is -0.465 e. The largest absolute Gasteiger partial charge is 0.465 e. The molecule has 6 heteroatoms. The van der Waals surface area contributed by atoms with Gasteiger partial charge in [0.25, 0.3) is 0 Å². The monoisotopic (exact) mass is 315 g/mol. The topological polar surface area (TPSA) is 39.2 Å². The van der Waals surface area contributed by atoms with Crippen molar-refractivity contribution in [2.45, 2.75) is 0 Å². The molecule has 0 spiro atoms. The van der Waals surface area contributed by atoms with E-state index >= 15 is 0 Å². The standard InChI is InChI=1S/C13H8Cl3NO2/c1-19-13(18)10-2-3-11(17-12(10)16)7-4-8(14)6-9(15)5-7/h2-6H,1H3. The Morgan fingerprint density at radius 2 is 1.74 bits per heavy atom. The van der Waals surface area contributed by atoms with Crippen LogP contribution >= 0.6 is 34.8 Å². The molecular weight excluding hydrogens is 309 g/mol. The number of esters is 1. The average Bonchev–Trinajstić information content (AvgIpc) is 2.36. The Morgan fingerprint density at radius 1 is 1.11 bits per heavy atom. The SMILES string of the molecule is COC(=O)c1ccc(-c2cc(Cl)cc(Cl)c2)nc1Cl. The second-order valence-corrected chi connectivity index (χ2v) is 4.92. The number of pyridine rings is 1. The summed E-state index contributed by atoms with van der Waals surface area (Å²) >= 11 is 17.8. The Hall–Kier alpha value is -1.29. The molecule has 0 aliphatic carbocycles. The maximum absolute atomic E-state index is 11.4. The predicted molar refractivity (Wildman–Crippen MR) is 76.0 cm³/mol. The lowest BCUT2D eigenvalue weighted by Crippen LogP contribution is -2.03. The lowest BCUT2D eigenvalue weighted by atomic mass is 10.1. The molecule has 3 nitrogen and oxygen atoms in total. The van der Waals surface area contributed by atoms with E-state index in [1.807, 2.05) is 0 Å². The lowest BCUT2D eigenvalue weighted by molar-refractivity contribution is 0.0600. The van der Waals surface area contributed by atoms with Gasteiger partial charge in [0.2, 0.25) is 0 Å². The van der Waals surface area contributed by atoms with Crippen LogP contribution in [0.25, 0.3) is 11.3 Å². The molecule has 1 aromatic carbocycles. The molecule has 1 heterocycles. The van der Waals surface area contributed by atoms with Crippen LogP contribution in [0.3, 0.4) is 0 Å². The molecule has 0 saturated heterocycles. The van der Waals surface area contributed by atoms with Gasteiger partial charge in [0.15, 0.2) is 0 Å². The number of aromatic nitrogens is 1. The fourth-order valence-electron chi connectivity index (χ4n) is 1.56. The van der Waals surface area contributed by atoms with Gasteiger partial charge in [-0.15, -0.1) is 0 Å². The smallest absolute Gasteiger partial charge is 0.341 e. The molecule has 0 radical (unpaired) electrons. The number of carbonyl (C=O) groups excluding carboxylic acids is 1. The van der Waals surface area contributed by atoms with E-state index < -0.39 is 5.97 Å². The summed E-state index contributed by atoms with van der Waals surface area (Å²) in [5.41, 5.74) is 1.50. The van der Waals surface area contributed by atoms with Gasteiger partial charge in [-0.1, -0.05) is 34.8 Å². The van der Waals surface area contributed by atoms with Crippen molar-refractivity contribution in [3.05, 3.63) is 51.1 Å². The van der Waals surface area contributed by atoms with Crippen molar-refractivity contribution in [2.24, 2.45) is 0 Å². The number of benzene rings is 1. The number of ether oxygens (including phenoxy) is 1. The van der Waals surface area contributed by atoms with Gasteiger partial charge in [0, 0.05) is 15.6 Å². The Bertz CT molecular complexity index is 624. The van der Waals surface area contributed by atoms with Gasteiger partial charge in [-0.25, -0.2) is 9.78 Å². The van der Waals surface area contributed by atoms with Crippen molar-refractivity contribution in [1.82, 2.24) is 4.98 Å². The highest BCUT2D eigenvalue weighted by molar-refractivity contribution is 6.35. The van der Waals surface area contributed by atoms with Crippen LogP contribution in [-0.4, -0.2) is 18.1 Å². The van der Waals surface area contributed by atoms with Crippen LogP contribution in [0.2, 0.25) is 15.2 Å². The molecule has 98 valence electrons. The van der Waals surface area contributed by atoms with Gasteiger partial charge in [0.1, 0.15) is 5.15 Å². The van der Waals surface area contributed by atoms with Crippen LogP contribution in [-0.2, 0) is 4.74 Å². The predicted octanol–water partition coefficient (Wildman–Crippen LogP) is 4.50. The third-order valence-corrected chi connectivity index (χ3v) is 3.14. The summed E-state index contributed by atoms with van der Waals surface area (Å²) < 4.78 is 4.60. The summed E-state index contributed by atoms with van der Waals surface area (Å²) in [6.45, 7) is 0. The van der Waals surface area contributed by atoms with Crippen LogP contribution in [0.5, 0.6) is 0 Å². The second kappa shape index (κ2) is 5.78. The first-order chi connectivity index (χ1) is 9.01. The van der Waals surface area contributed by atoms with E-state index in [0.29, 0.717) is 15.7 Å². The zero-order valence-corrected chi connectivity index (χ0v) is 12.1. The van der Waals surface area contributed by atoms with Crippen molar-refractivity contribution in [3.63, 3.8) is 0 Å². The third kappa shape index (κ3) is 3.18. The van der Waals surface area contributed by atoms with Crippen molar-refractivity contribution >= 4 is 40.8 Å². The van der Waals surface area contributed by atoms with Gasteiger partial charge in [-0.2, -0.15) is 0 Å². The molecule has 2 rings (SSSR count). The number of rotatable bonds is 2. The summed E-state index contributed by atoms with van der Waals surface area (Å²) in [5.74, 6) is -0.534. The van der Waals surface area contributed by atoms with E-state index in [-0.39, 0.29) is 10.7 Å². The number of nitrogens with zero attached hydrogens (tertiary/aromatic N) is 1. The first-order valence-electron chi connectivity index (χ1n) is 5.22. The van der Waals surface area contributed by atoms with E-state index in [1.165, 1.54) is 7.11 Å². The zero-order valence-electron chi connectivity index (χ0n) is 9.78. The highest BCUT2D eigenvalue weighted by Crippen LogP contribution is 2.27. The molecular formula is C13H8Cl3NO2. The van der Waals surface area contributed by atoms with Crippen molar-refractivity contribution in [2.75, 3.05) is 7.11 Å². The van der Waals surface area contributed by atoms with E-state index in [1.54, 1.807) is 30.3 Å². The highest BCUT2D eigenvalue weighted by atomic mass is 35.5. The molecule has 0 saturated carbocycles. The van der Waals surface area contributed by atoms with Gasteiger partial charge in [0.05, 0.1) is 18.4 Å². The van der Waals surface area contributed by atoms with Gasteiger partial charge in [-0.05, 0) is 30.3 Å². The van der Waals surface area contributed by atoms with Gasteiger partial charge in [-0.3, -0.25) is 0 Å². The minimum atomic E-state index is -0.534. The number of carbonyl (C=O) groups is 1.